The first-order valence-electron chi connectivity index (χ1n) is 7.58. The summed E-state index contributed by atoms with van der Waals surface area (Å²) in [5, 5.41) is 0.155. The molecule has 1 heterocycles. The van der Waals surface area contributed by atoms with E-state index in [0.717, 1.165) is 17.5 Å². The molecule has 1 aromatic carbocycles. The zero-order valence-electron chi connectivity index (χ0n) is 12.3. The van der Waals surface area contributed by atoms with Gasteiger partial charge in [-0.3, -0.25) is 0 Å². The second kappa shape index (κ2) is 5.73. The highest BCUT2D eigenvalue weighted by atomic mass is 35.5. The predicted octanol–water partition coefficient (Wildman–Crippen LogP) is 5.88. The third-order valence-electron chi connectivity index (χ3n) is 4.73. The lowest BCUT2D eigenvalue weighted by atomic mass is 9.77. The lowest BCUT2D eigenvalue weighted by molar-refractivity contribution is 0.186. The van der Waals surface area contributed by atoms with E-state index in [0.29, 0.717) is 22.6 Å². The van der Waals surface area contributed by atoms with Gasteiger partial charge in [-0.15, -0.1) is 0 Å². The highest BCUT2D eigenvalue weighted by Gasteiger charge is 2.30. The Morgan fingerprint density at radius 2 is 2.05 bits per heavy atom. The number of H-pyrrole nitrogens is 1. The molecular weight excluding hydrogens is 307 g/mol. The van der Waals surface area contributed by atoms with Crippen LogP contribution in [0.3, 0.4) is 0 Å². The molecule has 0 spiro atoms. The molecule has 3 rings (SSSR count). The number of halogens is 2. The van der Waals surface area contributed by atoms with Gasteiger partial charge < -0.3 is 9.55 Å². The van der Waals surface area contributed by atoms with Gasteiger partial charge in [0.2, 0.25) is 0 Å². The monoisotopic (exact) mass is 326 g/mol. The van der Waals surface area contributed by atoms with E-state index in [4.69, 9.17) is 23.8 Å². The molecular formula is C16H20ClFN2S. The van der Waals surface area contributed by atoms with Crippen molar-refractivity contribution in [2.45, 2.75) is 45.6 Å². The van der Waals surface area contributed by atoms with Crippen molar-refractivity contribution in [3.05, 3.63) is 27.7 Å². The first-order chi connectivity index (χ1) is 9.99. The lowest BCUT2D eigenvalue weighted by Crippen LogP contribution is -2.27. The van der Waals surface area contributed by atoms with E-state index < -0.39 is 5.82 Å². The van der Waals surface area contributed by atoms with Crippen LogP contribution in [0.5, 0.6) is 0 Å². The van der Waals surface area contributed by atoms with Gasteiger partial charge in [-0.05, 0) is 43.0 Å². The fraction of sp³-hybridized carbons (Fsp3) is 0.562. The predicted molar refractivity (Wildman–Crippen MR) is 87.9 cm³/mol. The van der Waals surface area contributed by atoms with E-state index in [1.165, 1.54) is 25.3 Å². The quantitative estimate of drug-likeness (QED) is 0.683. The second-order valence-corrected chi connectivity index (χ2v) is 7.14. The van der Waals surface area contributed by atoms with Gasteiger partial charge >= 0.3 is 0 Å². The minimum Gasteiger partial charge on any atom is -0.330 e. The average Bonchev–Trinajstić information content (AvgIpc) is 2.74. The number of aromatic nitrogens is 2. The number of benzene rings is 1. The summed E-state index contributed by atoms with van der Waals surface area (Å²) in [4.78, 5) is 3.13. The smallest absolute Gasteiger partial charge is 0.178 e. The summed E-state index contributed by atoms with van der Waals surface area (Å²) < 4.78 is 16.5. The van der Waals surface area contributed by atoms with Gasteiger partial charge in [0.15, 0.2) is 4.77 Å². The molecule has 2 atom stereocenters. The molecule has 1 aliphatic carbocycles. The number of fused-ring (bicyclic) bond motifs is 1. The van der Waals surface area contributed by atoms with Crippen LogP contribution in [0.4, 0.5) is 4.39 Å². The van der Waals surface area contributed by atoms with Crippen LogP contribution in [-0.4, -0.2) is 9.55 Å². The molecule has 2 aromatic rings. The van der Waals surface area contributed by atoms with E-state index in [1.807, 2.05) is 0 Å². The standard InChI is InChI=1S/C16H20ClFN2S/c1-9(2)10-5-3-4-6-14(10)20-15-7-11(17)12(18)8-13(15)19-16(20)21/h7-10,14H,3-6H2,1-2H3,(H,19,21). The first kappa shape index (κ1) is 15.0. The molecule has 1 N–H and O–H groups in total. The van der Waals surface area contributed by atoms with Crippen molar-refractivity contribution in [1.82, 2.24) is 9.55 Å². The summed E-state index contributed by atoms with van der Waals surface area (Å²) in [5.41, 5.74) is 1.65. The molecule has 0 bridgehead atoms. The number of imidazole rings is 1. The Hall–Kier alpha value is -0.870. The van der Waals surface area contributed by atoms with Crippen molar-refractivity contribution >= 4 is 34.9 Å². The highest BCUT2D eigenvalue weighted by molar-refractivity contribution is 7.71. The Labute approximate surface area is 134 Å². The van der Waals surface area contributed by atoms with Gasteiger partial charge in [0.05, 0.1) is 16.1 Å². The Kier molecular flexibility index (Phi) is 4.10. The van der Waals surface area contributed by atoms with Gasteiger partial charge in [-0.25, -0.2) is 4.39 Å². The van der Waals surface area contributed by atoms with Crippen LogP contribution in [0, 0.1) is 22.4 Å². The fourth-order valence-electron chi connectivity index (χ4n) is 3.69. The Balaban J connectivity index is 2.16. The van der Waals surface area contributed by atoms with Crippen LogP contribution in [0.2, 0.25) is 5.02 Å². The van der Waals surface area contributed by atoms with Crippen LogP contribution >= 0.6 is 23.8 Å². The fourth-order valence-corrected chi connectivity index (χ4v) is 4.19. The van der Waals surface area contributed by atoms with E-state index in [9.17, 15) is 4.39 Å². The molecule has 2 unspecified atom stereocenters. The summed E-state index contributed by atoms with van der Waals surface area (Å²) in [6, 6.07) is 3.52. The number of hydrogen-bond acceptors (Lipinski definition) is 1. The second-order valence-electron chi connectivity index (χ2n) is 6.34. The SMILES string of the molecule is CC(C)C1CCCCC1n1c(=S)[nH]c2cc(F)c(Cl)cc21. The molecule has 5 heteroatoms. The van der Waals surface area contributed by atoms with Crippen LogP contribution in [0.1, 0.15) is 45.6 Å². The van der Waals surface area contributed by atoms with Crippen molar-refractivity contribution in [3.63, 3.8) is 0 Å². The van der Waals surface area contributed by atoms with E-state index in [1.54, 1.807) is 6.07 Å². The summed E-state index contributed by atoms with van der Waals surface area (Å²) in [6.07, 6.45) is 4.85. The summed E-state index contributed by atoms with van der Waals surface area (Å²) in [7, 11) is 0. The van der Waals surface area contributed by atoms with E-state index >= 15 is 0 Å². The van der Waals surface area contributed by atoms with Gasteiger partial charge in [0.25, 0.3) is 0 Å². The molecule has 0 amide bonds. The van der Waals surface area contributed by atoms with Crippen LogP contribution in [-0.2, 0) is 0 Å². The summed E-state index contributed by atoms with van der Waals surface area (Å²) in [6.45, 7) is 4.54. The van der Waals surface area contributed by atoms with E-state index in [2.05, 4.69) is 23.4 Å². The third-order valence-corrected chi connectivity index (χ3v) is 5.32. The zero-order valence-corrected chi connectivity index (χ0v) is 13.9. The Morgan fingerprint density at radius 3 is 2.76 bits per heavy atom. The number of nitrogens with zero attached hydrogens (tertiary/aromatic N) is 1. The van der Waals surface area contributed by atoms with Gasteiger partial charge in [-0.2, -0.15) is 0 Å². The minimum atomic E-state index is -0.406. The van der Waals surface area contributed by atoms with Crippen LogP contribution < -0.4 is 0 Å². The highest BCUT2D eigenvalue weighted by Crippen LogP contribution is 2.40. The first-order valence-corrected chi connectivity index (χ1v) is 8.37. The van der Waals surface area contributed by atoms with Crippen LogP contribution in [0.15, 0.2) is 12.1 Å². The van der Waals surface area contributed by atoms with Crippen molar-refractivity contribution in [2.24, 2.45) is 11.8 Å². The van der Waals surface area contributed by atoms with Crippen molar-refractivity contribution < 1.29 is 4.39 Å². The molecule has 1 aliphatic rings. The average molecular weight is 327 g/mol. The third kappa shape index (κ3) is 2.64. The van der Waals surface area contributed by atoms with Crippen molar-refractivity contribution in [1.29, 1.82) is 0 Å². The lowest BCUT2D eigenvalue weighted by Gasteiger charge is -2.35. The molecule has 21 heavy (non-hydrogen) atoms. The Bertz CT molecular complexity index is 719. The summed E-state index contributed by atoms with van der Waals surface area (Å²) >= 11 is 11.5. The number of nitrogens with one attached hydrogen (secondary N) is 1. The molecule has 2 nitrogen and oxygen atoms in total. The van der Waals surface area contributed by atoms with Crippen LogP contribution in [0.25, 0.3) is 11.0 Å². The number of aromatic amines is 1. The molecule has 1 aromatic heterocycles. The molecule has 0 aliphatic heterocycles. The van der Waals surface area contributed by atoms with Gasteiger partial charge in [0.1, 0.15) is 5.82 Å². The topological polar surface area (TPSA) is 20.7 Å². The zero-order chi connectivity index (χ0) is 15.1. The summed E-state index contributed by atoms with van der Waals surface area (Å²) in [5.74, 6) is 0.808. The number of hydrogen-bond donors (Lipinski definition) is 1. The normalized spacial score (nSPS) is 23.1. The minimum absolute atomic E-state index is 0.155. The maximum absolute atomic E-state index is 13.6. The van der Waals surface area contributed by atoms with Crippen molar-refractivity contribution in [2.75, 3.05) is 0 Å². The van der Waals surface area contributed by atoms with E-state index in [-0.39, 0.29) is 5.02 Å². The molecule has 0 radical (unpaired) electrons. The van der Waals surface area contributed by atoms with Gasteiger partial charge in [-0.1, -0.05) is 38.3 Å². The molecule has 114 valence electrons. The maximum atomic E-state index is 13.6. The Morgan fingerprint density at radius 1 is 1.33 bits per heavy atom. The number of rotatable bonds is 2. The largest absolute Gasteiger partial charge is 0.330 e. The van der Waals surface area contributed by atoms with Crippen molar-refractivity contribution in [3.8, 4) is 0 Å². The maximum Gasteiger partial charge on any atom is 0.178 e. The molecule has 0 saturated heterocycles. The van der Waals surface area contributed by atoms with Gasteiger partial charge in [0, 0.05) is 12.1 Å². The molecule has 1 saturated carbocycles. The molecule has 1 fully saturated rings.